The molecule has 4 heterocycles. The van der Waals surface area contributed by atoms with Gasteiger partial charge in [0, 0.05) is 38.5 Å². The van der Waals surface area contributed by atoms with Crippen molar-refractivity contribution in [2.45, 2.75) is 69.7 Å². The number of amides is 1. The molecule has 1 aromatic heterocycles. The van der Waals surface area contributed by atoms with Gasteiger partial charge in [-0.25, -0.2) is 0 Å². The first-order chi connectivity index (χ1) is 12.7. The molecule has 6 nitrogen and oxygen atoms in total. The summed E-state index contributed by atoms with van der Waals surface area (Å²) in [5.41, 5.74) is 0. The average Bonchev–Trinajstić information content (AvgIpc) is 3.12. The highest BCUT2D eigenvalue weighted by Gasteiger charge is 2.33. The maximum atomic E-state index is 12.7. The molecule has 1 aromatic rings. The van der Waals surface area contributed by atoms with Gasteiger partial charge in [-0.2, -0.15) is 0 Å². The predicted octanol–water partition coefficient (Wildman–Crippen LogP) is 2.57. The summed E-state index contributed by atoms with van der Waals surface area (Å²) >= 11 is 0. The Bertz CT molecular complexity index is 605. The zero-order valence-corrected chi connectivity index (χ0v) is 16.1. The van der Waals surface area contributed by atoms with Crippen molar-refractivity contribution in [1.82, 2.24) is 24.6 Å². The lowest BCUT2D eigenvalue weighted by Gasteiger charge is -2.44. The van der Waals surface area contributed by atoms with Gasteiger partial charge in [0.15, 0.2) is 0 Å². The lowest BCUT2D eigenvalue weighted by molar-refractivity contribution is -0.132. The predicted molar refractivity (Wildman–Crippen MR) is 101 cm³/mol. The van der Waals surface area contributed by atoms with Crippen molar-refractivity contribution in [3.05, 3.63) is 12.2 Å². The third-order valence-electron chi connectivity index (χ3n) is 6.92. The Morgan fingerprint density at radius 3 is 2.65 bits per heavy atom. The number of aryl methyl sites for hydroxylation is 1. The number of nitrogens with zero attached hydrogens (tertiary/aromatic N) is 5. The van der Waals surface area contributed by atoms with E-state index in [9.17, 15) is 4.79 Å². The van der Waals surface area contributed by atoms with E-state index in [0.717, 1.165) is 56.6 Å². The number of hydrogen-bond acceptors (Lipinski definition) is 4. The fraction of sp³-hybridized carbons (Fsp3) is 0.850. The fourth-order valence-corrected chi connectivity index (χ4v) is 5.43. The van der Waals surface area contributed by atoms with E-state index < -0.39 is 0 Å². The molecule has 2 atom stereocenters. The average molecular weight is 360 g/mol. The smallest absolute Gasteiger partial charge is 0.222 e. The van der Waals surface area contributed by atoms with Crippen LogP contribution in [0.1, 0.15) is 69.5 Å². The van der Waals surface area contributed by atoms with E-state index in [1.807, 2.05) is 11.6 Å². The van der Waals surface area contributed by atoms with Crippen molar-refractivity contribution in [3.8, 4) is 0 Å². The third-order valence-corrected chi connectivity index (χ3v) is 6.92. The van der Waals surface area contributed by atoms with Crippen molar-refractivity contribution >= 4 is 5.91 Å². The Morgan fingerprint density at radius 1 is 1.08 bits per heavy atom. The minimum atomic E-state index is 0.370. The van der Waals surface area contributed by atoms with E-state index in [4.69, 9.17) is 0 Å². The van der Waals surface area contributed by atoms with Crippen LogP contribution in [0.4, 0.5) is 0 Å². The van der Waals surface area contributed by atoms with Crippen LogP contribution in [0.25, 0.3) is 0 Å². The molecule has 3 saturated heterocycles. The minimum absolute atomic E-state index is 0.370. The van der Waals surface area contributed by atoms with Gasteiger partial charge in [0.1, 0.15) is 12.2 Å². The second-order valence-corrected chi connectivity index (χ2v) is 8.50. The van der Waals surface area contributed by atoms with Crippen molar-refractivity contribution in [1.29, 1.82) is 0 Å². The number of fused-ring (bicyclic) bond motifs is 1. The molecule has 0 aromatic carbocycles. The van der Waals surface area contributed by atoms with E-state index in [0.29, 0.717) is 11.8 Å². The Morgan fingerprint density at radius 2 is 1.88 bits per heavy atom. The van der Waals surface area contributed by atoms with Gasteiger partial charge in [-0.3, -0.25) is 4.79 Å². The first kappa shape index (κ1) is 18.0. The molecule has 1 amide bonds. The number of likely N-dealkylation sites (tertiary alicyclic amines) is 1. The first-order valence-corrected chi connectivity index (χ1v) is 10.6. The van der Waals surface area contributed by atoms with E-state index >= 15 is 0 Å². The molecule has 0 saturated carbocycles. The zero-order chi connectivity index (χ0) is 17.9. The lowest BCUT2D eigenvalue weighted by atomic mass is 9.81. The number of carbonyl (C=O) groups is 1. The summed E-state index contributed by atoms with van der Waals surface area (Å²) in [5.74, 6) is 2.62. The summed E-state index contributed by atoms with van der Waals surface area (Å²) in [6.45, 7) is 4.31. The van der Waals surface area contributed by atoms with Gasteiger partial charge in [0.05, 0.1) is 0 Å². The van der Waals surface area contributed by atoms with Crippen molar-refractivity contribution in [3.63, 3.8) is 0 Å². The number of piperidine rings is 3. The highest BCUT2D eigenvalue weighted by atomic mass is 16.2. The molecule has 0 N–H and O–H groups in total. The Kier molecular flexibility index (Phi) is 5.57. The summed E-state index contributed by atoms with van der Waals surface area (Å²) < 4.78 is 2.02. The second kappa shape index (κ2) is 8.07. The number of rotatable bonds is 4. The quantitative estimate of drug-likeness (QED) is 0.829. The Balaban J connectivity index is 1.25. The summed E-state index contributed by atoms with van der Waals surface area (Å²) in [7, 11) is 2.01. The van der Waals surface area contributed by atoms with Crippen LogP contribution in [-0.2, 0) is 11.8 Å². The van der Waals surface area contributed by atoms with Crippen molar-refractivity contribution in [2.75, 3.05) is 26.2 Å². The van der Waals surface area contributed by atoms with E-state index in [1.165, 1.54) is 45.2 Å². The lowest BCUT2D eigenvalue weighted by Crippen LogP contribution is -2.48. The number of carbonyl (C=O) groups excluding carboxylic acids is 1. The Hall–Kier alpha value is -1.43. The molecule has 4 rings (SSSR count). The summed E-state index contributed by atoms with van der Waals surface area (Å²) in [5, 5.41) is 8.24. The summed E-state index contributed by atoms with van der Waals surface area (Å²) in [6.07, 6.45) is 12.3. The third kappa shape index (κ3) is 3.80. The SMILES string of the molecule is Cn1cnnc1C1CCN(C(=O)CC[C@@H]2CCCN3CCCC[C@H]23)CC1. The van der Waals surface area contributed by atoms with Gasteiger partial charge >= 0.3 is 0 Å². The van der Waals surface area contributed by atoms with Gasteiger partial charge < -0.3 is 14.4 Å². The van der Waals surface area contributed by atoms with Crippen LogP contribution in [0.5, 0.6) is 0 Å². The number of hydrogen-bond donors (Lipinski definition) is 0. The van der Waals surface area contributed by atoms with E-state index in [2.05, 4.69) is 20.0 Å². The summed E-state index contributed by atoms with van der Waals surface area (Å²) in [4.78, 5) is 17.5. The molecule has 0 bridgehead atoms. The second-order valence-electron chi connectivity index (χ2n) is 8.50. The van der Waals surface area contributed by atoms with Crippen LogP contribution in [0, 0.1) is 5.92 Å². The van der Waals surface area contributed by atoms with Crippen LogP contribution in [0.2, 0.25) is 0 Å². The maximum absolute atomic E-state index is 12.7. The van der Waals surface area contributed by atoms with Crippen LogP contribution < -0.4 is 0 Å². The molecule has 0 aliphatic carbocycles. The van der Waals surface area contributed by atoms with E-state index in [1.54, 1.807) is 6.33 Å². The maximum Gasteiger partial charge on any atom is 0.222 e. The molecule has 0 spiro atoms. The normalized spacial score (nSPS) is 28.1. The van der Waals surface area contributed by atoms with Gasteiger partial charge in [-0.1, -0.05) is 6.42 Å². The largest absolute Gasteiger partial charge is 0.343 e. The van der Waals surface area contributed by atoms with Crippen LogP contribution in [-0.4, -0.2) is 62.7 Å². The van der Waals surface area contributed by atoms with Crippen LogP contribution in [0.3, 0.4) is 0 Å². The fourth-order valence-electron chi connectivity index (χ4n) is 5.43. The molecule has 26 heavy (non-hydrogen) atoms. The molecular weight excluding hydrogens is 326 g/mol. The highest BCUT2D eigenvalue weighted by Crippen LogP contribution is 2.34. The Labute approximate surface area is 156 Å². The topological polar surface area (TPSA) is 54.3 Å². The molecule has 3 aliphatic heterocycles. The van der Waals surface area contributed by atoms with E-state index in [-0.39, 0.29) is 0 Å². The molecular formula is C20H33N5O. The van der Waals surface area contributed by atoms with Crippen LogP contribution >= 0.6 is 0 Å². The standard InChI is InChI=1S/C20H33N5O/c1-23-15-21-22-20(23)17-9-13-25(14-10-17)19(26)8-7-16-5-4-12-24-11-3-2-6-18(16)24/h15-18H,2-14H2,1H3/t16-,18+/m0/s1. The first-order valence-electron chi connectivity index (χ1n) is 10.6. The summed E-state index contributed by atoms with van der Waals surface area (Å²) in [6, 6.07) is 0.756. The highest BCUT2D eigenvalue weighted by molar-refractivity contribution is 5.76. The number of aromatic nitrogens is 3. The van der Waals surface area contributed by atoms with Gasteiger partial charge in [-0.05, 0) is 64.0 Å². The van der Waals surface area contributed by atoms with Crippen molar-refractivity contribution < 1.29 is 4.79 Å². The monoisotopic (exact) mass is 359 g/mol. The molecule has 6 heteroatoms. The molecule has 0 unspecified atom stereocenters. The molecule has 3 aliphatic rings. The minimum Gasteiger partial charge on any atom is -0.343 e. The molecule has 0 radical (unpaired) electrons. The van der Waals surface area contributed by atoms with Gasteiger partial charge in [-0.15, -0.1) is 10.2 Å². The van der Waals surface area contributed by atoms with Crippen molar-refractivity contribution in [2.24, 2.45) is 13.0 Å². The van der Waals surface area contributed by atoms with Gasteiger partial charge in [0.25, 0.3) is 0 Å². The molecule has 3 fully saturated rings. The molecule has 144 valence electrons. The van der Waals surface area contributed by atoms with Gasteiger partial charge in [0.2, 0.25) is 5.91 Å². The van der Waals surface area contributed by atoms with Crippen LogP contribution in [0.15, 0.2) is 6.33 Å². The zero-order valence-electron chi connectivity index (χ0n) is 16.1.